The molecule has 25 heavy (non-hydrogen) atoms. The van der Waals surface area contributed by atoms with Crippen molar-refractivity contribution in [2.45, 2.75) is 18.9 Å². The predicted molar refractivity (Wildman–Crippen MR) is 95.9 cm³/mol. The monoisotopic (exact) mass is 347 g/mol. The molecule has 0 spiro atoms. The SMILES string of the molecule is COc1cc(OC)c2cc(C(=O)N[C@@H]3CCCN(C)C3)[nH]c2c1OC. The third kappa shape index (κ3) is 3.37. The molecule has 1 aromatic carbocycles. The molecule has 1 saturated heterocycles. The number of aromatic amines is 1. The van der Waals surface area contributed by atoms with Crippen molar-refractivity contribution in [3.05, 3.63) is 17.8 Å². The Morgan fingerprint density at radius 2 is 1.96 bits per heavy atom. The van der Waals surface area contributed by atoms with Crippen molar-refractivity contribution in [1.82, 2.24) is 15.2 Å². The molecule has 0 aliphatic carbocycles. The van der Waals surface area contributed by atoms with Crippen molar-refractivity contribution in [2.24, 2.45) is 0 Å². The van der Waals surface area contributed by atoms with Crippen LogP contribution in [0.25, 0.3) is 10.9 Å². The Hall–Kier alpha value is -2.41. The highest BCUT2D eigenvalue weighted by molar-refractivity contribution is 6.02. The molecule has 1 aliphatic heterocycles. The molecule has 0 unspecified atom stereocenters. The largest absolute Gasteiger partial charge is 0.496 e. The van der Waals surface area contributed by atoms with E-state index in [9.17, 15) is 4.79 Å². The van der Waals surface area contributed by atoms with Crippen molar-refractivity contribution in [3.8, 4) is 17.2 Å². The van der Waals surface area contributed by atoms with Gasteiger partial charge in [0, 0.05) is 24.0 Å². The molecule has 1 fully saturated rings. The van der Waals surface area contributed by atoms with Crippen molar-refractivity contribution in [3.63, 3.8) is 0 Å². The van der Waals surface area contributed by atoms with Gasteiger partial charge in [0.25, 0.3) is 5.91 Å². The number of likely N-dealkylation sites (N-methyl/N-ethyl adjacent to an activating group) is 1. The average molecular weight is 347 g/mol. The van der Waals surface area contributed by atoms with Gasteiger partial charge in [0.1, 0.15) is 11.4 Å². The number of hydrogen-bond donors (Lipinski definition) is 2. The van der Waals surface area contributed by atoms with Crippen LogP contribution in [0, 0.1) is 0 Å². The average Bonchev–Trinajstić information content (AvgIpc) is 3.05. The van der Waals surface area contributed by atoms with E-state index in [1.165, 1.54) is 0 Å². The number of hydrogen-bond acceptors (Lipinski definition) is 5. The zero-order chi connectivity index (χ0) is 18.0. The minimum Gasteiger partial charge on any atom is -0.496 e. The van der Waals surface area contributed by atoms with Crippen molar-refractivity contribution >= 4 is 16.8 Å². The van der Waals surface area contributed by atoms with Gasteiger partial charge in [-0.2, -0.15) is 0 Å². The van der Waals surface area contributed by atoms with Crippen LogP contribution in [0.5, 0.6) is 17.2 Å². The van der Waals surface area contributed by atoms with Gasteiger partial charge < -0.3 is 29.4 Å². The second kappa shape index (κ2) is 7.23. The summed E-state index contributed by atoms with van der Waals surface area (Å²) < 4.78 is 16.2. The number of likely N-dealkylation sites (tertiary alicyclic amines) is 1. The number of nitrogens with zero attached hydrogens (tertiary/aromatic N) is 1. The summed E-state index contributed by atoms with van der Waals surface area (Å²) in [7, 11) is 6.80. The van der Waals surface area contributed by atoms with Crippen molar-refractivity contribution < 1.29 is 19.0 Å². The molecule has 1 aromatic heterocycles. The number of nitrogens with one attached hydrogen (secondary N) is 2. The fourth-order valence-corrected chi connectivity index (χ4v) is 3.41. The van der Waals surface area contributed by atoms with Crippen LogP contribution in [0.4, 0.5) is 0 Å². The van der Waals surface area contributed by atoms with Gasteiger partial charge in [0.15, 0.2) is 11.5 Å². The molecule has 7 nitrogen and oxygen atoms in total. The summed E-state index contributed by atoms with van der Waals surface area (Å²) in [6.45, 7) is 1.94. The van der Waals surface area contributed by atoms with Crippen LogP contribution in [-0.4, -0.2) is 63.3 Å². The lowest BCUT2D eigenvalue weighted by Crippen LogP contribution is -2.46. The van der Waals surface area contributed by atoms with E-state index in [4.69, 9.17) is 14.2 Å². The summed E-state index contributed by atoms with van der Waals surface area (Å²) in [5.74, 6) is 1.60. The van der Waals surface area contributed by atoms with Crippen LogP contribution in [0.3, 0.4) is 0 Å². The molecule has 2 aromatic rings. The van der Waals surface area contributed by atoms with Crippen LogP contribution in [0.2, 0.25) is 0 Å². The maximum atomic E-state index is 12.7. The van der Waals surface area contributed by atoms with E-state index in [0.29, 0.717) is 28.5 Å². The number of aromatic nitrogens is 1. The lowest BCUT2D eigenvalue weighted by atomic mass is 10.1. The van der Waals surface area contributed by atoms with Crippen molar-refractivity contribution in [1.29, 1.82) is 0 Å². The number of amides is 1. The fraction of sp³-hybridized carbons (Fsp3) is 0.500. The summed E-state index contributed by atoms with van der Waals surface area (Å²) in [5, 5.41) is 3.89. The molecule has 1 atom stereocenters. The third-order valence-corrected chi connectivity index (χ3v) is 4.64. The number of fused-ring (bicyclic) bond motifs is 1. The van der Waals surface area contributed by atoms with Crippen LogP contribution in [0.15, 0.2) is 12.1 Å². The van der Waals surface area contributed by atoms with E-state index in [1.54, 1.807) is 33.5 Å². The van der Waals surface area contributed by atoms with Crippen LogP contribution in [0.1, 0.15) is 23.3 Å². The van der Waals surface area contributed by atoms with E-state index in [2.05, 4.69) is 22.2 Å². The second-order valence-corrected chi connectivity index (χ2v) is 6.36. The molecule has 7 heteroatoms. The topological polar surface area (TPSA) is 75.8 Å². The minimum absolute atomic E-state index is 0.125. The van der Waals surface area contributed by atoms with Crippen LogP contribution in [-0.2, 0) is 0 Å². The Balaban J connectivity index is 1.93. The highest BCUT2D eigenvalue weighted by atomic mass is 16.5. The number of H-pyrrole nitrogens is 1. The maximum absolute atomic E-state index is 12.7. The number of rotatable bonds is 5. The number of methoxy groups -OCH3 is 3. The lowest BCUT2D eigenvalue weighted by Gasteiger charge is -2.30. The molecule has 3 rings (SSSR count). The molecule has 2 N–H and O–H groups in total. The molecule has 136 valence electrons. The molecule has 0 bridgehead atoms. The Bertz CT molecular complexity index is 771. The zero-order valence-electron chi connectivity index (χ0n) is 15.1. The van der Waals surface area contributed by atoms with Gasteiger partial charge in [-0.3, -0.25) is 4.79 Å². The van der Waals surface area contributed by atoms with Crippen LogP contribution >= 0.6 is 0 Å². The Morgan fingerprint density at radius 1 is 1.20 bits per heavy atom. The molecule has 1 amide bonds. The summed E-state index contributed by atoms with van der Waals surface area (Å²) in [6.07, 6.45) is 2.09. The zero-order valence-corrected chi connectivity index (χ0v) is 15.1. The van der Waals surface area contributed by atoms with Gasteiger partial charge in [0.05, 0.1) is 26.8 Å². The number of ether oxygens (including phenoxy) is 3. The first-order valence-electron chi connectivity index (χ1n) is 8.38. The van der Waals surface area contributed by atoms with E-state index in [-0.39, 0.29) is 11.9 Å². The molecule has 0 radical (unpaired) electrons. The summed E-state index contributed by atoms with van der Waals surface area (Å²) in [5.41, 5.74) is 1.16. The number of piperidine rings is 1. The normalized spacial score (nSPS) is 18.2. The lowest BCUT2D eigenvalue weighted by molar-refractivity contribution is 0.0908. The summed E-state index contributed by atoms with van der Waals surface area (Å²) >= 11 is 0. The standard InChI is InChI=1S/C18H25N3O4/c1-21-7-5-6-11(10-21)19-18(22)13-8-12-14(23-2)9-15(24-3)17(25-4)16(12)20-13/h8-9,11,20H,5-7,10H2,1-4H3,(H,19,22)/t11-/m1/s1. The van der Waals surface area contributed by atoms with Crippen LogP contribution < -0.4 is 19.5 Å². The molecule has 0 saturated carbocycles. The highest BCUT2D eigenvalue weighted by Gasteiger charge is 2.23. The van der Waals surface area contributed by atoms with E-state index in [0.717, 1.165) is 31.3 Å². The Morgan fingerprint density at radius 3 is 2.60 bits per heavy atom. The highest BCUT2D eigenvalue weighted by Crippen LogP contribution is 2.41. The quantitative estimate of drug-likeness (QED) is 0.865. The number of carbonyl (C=O) groups is 1. The predicted octanol–water partition coefficient (Wildman–Crippen LogP) is 2.02. The Kier molecular flexibility index (Phi) is 5.03. The third-order valence-electron chi connectivity index (χ3n) is 4.64. The first-order valence-corrected chi connectivity index (χ1v) is 8.38. The van der Waals surface area contributed by atoms with E-state index < -0.39 is 0 Å². The summed E-state index contributed by atoms with van der Waals surface area (Å²) in [6, 6.07) is 3.71. The Labute approximate surface area is 147 Å². The molecule has 2 heterocycles. The molecular formula is C18H25N3O4. The van der Waals surface area contributed by atoms with Gasteiger partial charge in [-0.05, 0) is 32.5 Å². The molecule has 1 aliphatic rings. The van der Waals surface area contributed by atoms with Gasteiger partial charge in [-0.1, -0.05) is 0 Å². The number of benzene rings is 1. The van der Waals surface area contributed by atoms with Gasteiger partial charge >= 0.3 is 0 Å². The van der Waals surface area contributed by atoms with Gasteiger partial charge in [0.2, 0.25) is 0 Å². The molecular weight excluding hydrogens is 322 g/mol. The van der Waals surface area contributed by atoms with E-state index >= 15 is 0 Å². The van der Waals surface area contributed by atoms with Gasteiger partial charge in [-0.15, -0.1) is 0 Å². The first-order chi connectivity index (χ1) is 12.1. The first kappa shape index (κ1) is 17.4. The second-order valence-electron chi connectivity index (χ2n) is 6.36. The summed E-state index contributed by atoms with van der Waals surface area (Å²) in [4.78, 5) is 18.1. The fourth-order valence-electron chi connectivity index (χ4n) is 3.41. The van der Waals surface area contributed by atoms with Crippen molar-refractivity contribution in [2.75, 3.05) is 41.5 Å². The minimum atomic E-state index is -0.125. The smallest absolute Gasteiger partial charge is 0.267 e. The van der Waals surface area contributed by atoms with Gasteiger partial charge in [-0.25, -0.2) is 0 Å². The number of carbonyl (C=O) groups excluding carboxylic acids is 1. The maximum Gasteiger partial charge on any atom is 0.267 e. The van der Waals surface area contributed by atoms with E-state index in [1.807, 2.05) is 0 Å².